The Morgan fingerprint density at radius 3 is 2.94 bits per heavy atom. The van der Waals surface area contributed by atoms with Crippen molar-refractivity contribution in [2.75, 3.05) is 5.32 Å². The number of nitrogens with one attached hydrogen (secondary N) is 2. The molecule has 1 aliphatic rings. The van der Waals surface area contributed by atoms with E-state index in [1.165, 1.54) is 6.33 Å². The van der Waals surface area contributed by atoms with Gasteiger partial charge in [-0.2, -0.15) is 0 Å². The van der Waals surface area contributed by atoms with Crippen LogP contribution in [0.3, 0.4) is 0 Å². The van der Waals surface area contributed by atoms with E-state index in [9.17, 15) is 4.79 Å². The zero-order valence-corrected chi connectivity index (χ0v) is 11.4. The van der Waals surface area contributed by atoms with Gasteiger partial charge in [0.2, 0.25) is 0 Å². The van der Waals surface area contributed by atoms with Crippen molar-refractivity contribution >= 4 is 33.3 Å². The summed E-state index contributed by atoms with van der Waals surface area (Å²) in [4.78, 5) is 17.9. The summed E-state index contributed by atoms with van der Waals surface area (Å²) < 4.78 is 0.434. The van der Waals surface area contributed by atoms with Crippen molar-refractivity contribution < 1.29 is 0 Å². The molecule has 2 unspecified atom stereocenters. The molecule has 0 bridgehead atoms. The monoisotopic (exact) mass is 305 g/mol. The molecule has 0 spiro atoms. The number of aromatic nitrogens is 2. The highest BCUT2D eigenvalue weighted by molar-refractivity contribution is 9.10. The predicted molar refractivity (Wildman–Crippen MR) is 68.0 cm³/mol. The van der Waals surface area contributed by atoms with Gasteiger partial charge in [-0.05, 0) is 22.4 Å². The van der Waals surface area contributed by atoms with Gasteiger partial charge in [-0.25, -0.2) is 4.98 Å². The van der Waals surface area contributed by atoms with Gasteiger partial charge in [-0.15, -0.1) is 11.6 Å². The van der Waals surface area contributed by atoms with Gasteiger partial charge in [0.25, 0.3) is 5.56 Å². The number of H-pyrrole nitrogens is 1. The minimum Gasteiger partial charge on any atom is -0.366 e. The summed E-state index contributed by atoms with van der Waals surface area (Å²) in [5, 5.41) is 3.42. The van der Waals surface area contributed by atoms with E-state index >= 15 is 0 Å². The first-order valence-electron chi connectivity index (χ1n) is 5.06. The SMILES string of the molecule is CC1(C)C(Cl)CC1Nc1nc[nH]c(=O)c1Br. The molecule has 6 heteroatoms. The maximum atomic E-state index is 11.3. The molecule has 1 saturated carbocycles. The Labute approximate surface area is 107 Å². The molecule has 2 atom stereocenters. The van der Waals surface area contributed by atoms with E-state index < -0.39 is 0 Å². The van der Waals surface area contributed by atoms with Gasteiger partial charge in [-0.1, -0.05) is 13.8 Å². The number of hydrogen-bond acceptors (Lipinski definition) is 3. The van der Waals surface area contributed by atoms with Crippen LogP contribution in [0.2, 0.25) is 0 Å². The molecule has 0 aliphatic heterocycles. The third kappa shape index (κ3) is 1.86. The second-order valence-electron chi connectivity index (χ2n) is 4.62. The second-order valence-corrected chi connectivity index (χ2v) is 5.94. The largest absolute Gasteiger partial charge is 0.366 e. The molecule has 88 valence electrons. The summed E-state index contributed by atoms with van der Waals surface area (Å²) in [6.07, 6.45) is 2.27. The van der Waals surface area contributed by atoms with Gasteiger partial charge < -0.3 is 10.3 Å². The summed E-state index contributed by atoms with van der Waals surface area (Å²) in [5.74, 6) is 0.574. The zero-order chi connectivity index (χ0) is 11.9. The van der Waals surface area contributed by atoms with Crippen LogP contribution in [-0.2, 0) is 0 Å². The van der Waals surface area contributed by atoms with E-state index in [-0.39, 0.29) is 22.4 Å². The summed E-state index contributed by atoms with van der Waals surface area (Å²) in [5.41, 5.74) is -0.164. The number of aromatic amines is 1. The number of hydrogen-bond donors (Lipinski definition) is 2. The normalized spacial score (nSPS) is 27.2. The van der Waals surface area contributed by atoms with E-state index in [2.05, 4.69) is 45.1 Å². The van der Waals surface area contributed by atoms with Gasteiger partial charge in [0.15, 0.2) is 0 Å². The molecule has 1 aromatic rings. The van der Waals surface area contributed by atoms with Gasteiger partial charge in [0.05, 0.1) is 6.33 Å². The lowest BCUT2D eigenvalue weighted by Gasteiger charge is -2.49. The quantitative estimate of drug-likeness (QED) is 0.825. The molecule has 0 aromatic carbocycles. The van der Waals surface area contributed by atoms with E-state index in [1.807, 2.05) is 0 Å². The molecule has 0 radical (unpaired) electrons. The highest BCUT2D eigenvalue weighted by Gasteiger charge is 2.47. The molecule has 0 amide bonds. The molecule has 1 aliphatic carbocycles. The number of nitrogens with zero attached hydrogens (tertiary/aromatic N) is 1. The van der Waals surface area contributed by atoms with Crippen molar-refractivity contribution in [3.63, 3.8) is 0 Å². The fourth-order valence-electron chi connectivity index (χ4n) is 1.77. The number of alkyl halides is 1. The topological polar surface area (TPSA) is 57.8 Å². The third-order valence-corrected chi connectivity index (χ3v) is 4.73. The van der Waals surface area contributed by atoms with E-state index in [1.54, 1.807) is 0 Å². The maximum absolute atomic E-state index is 11.3. The lowest BCUT2D eigenvalue weighted by atomic mass is 9.67. The third-order valence-electron chi connectivity index (χ3n) is 3.26. The highest BCUT2D eigenvalue weighted by Crippen LogP contribution is 2.45. The van der Waals surface area contributed by atoms with Gasteiger partial charge >= 0.3 is 0 Å². The van der Waals surface area contributed by atoms with E-state index in [4.69, 9.17) is 11.6 Å². The van der Waals surface area contributed by atoms with Crippen molar-refractivity contribution in [2.45, 2.75) is 31.7 Å². The van der Waals surface area contributed by atoms with Crippen LogP contribution in [0.1, 0.15) is 20.3 Å². The van der Waals surface area contributed by atoms with Crippen molar-refractivity contribution in [1.29, 1.82) is 0 Å². The predicted octanol–water partition coefficient (Wildman–Crippen LogP) is 2.35. The fourth-order valence-corrected chi connectivity index (χ4v) is 2.43. The van der Waals surface area contributed by atoms with Gasteiger partial charge in [0.1, 0.15) is 10.3 Å². The van der Waals surface area contributed by atoms with Crippen molar-refractivity contribution in [3.8, 4) is 0 Å². The molecule has 1 aromatic heterocycles. The standard InChI is InChI=1S/C10H13BrClN3O/c1-10(2)5(12)3-6(10)15-8-7(11)9(16)14-4-13-8/h4-6H,3H2,1-2H3,(H2,13,14,15,16). The van der Waals surface area contributed by atoms with E-state index in [0.717, 1.165) is 6.42 Å². The molecule has 2 N–H and O–H groups in total. The zero-order valence-electron chi connectivity index (χ0n) is 9.05. The lowest BCUT2D eigenvalue weighted by molar-refractivity contribution is 0.168. The molecule has 1 heterocycles. The van der Waals surface area contributed by atoms with Crippen molar-refractivity contribution in [2.24, 2.45) is 5.41 Å². The first-order chi connectivity index (χ1) is 7.43. The Kier molecular flexibility index (Phi) is 3.01. The van der Waals surface area contributed by atoms with Crippen LogP contribution in [0.15, 0.2) is 15.6 Å². The van der Waals surface area contributed by atoms with Crippen LogP contribution < -0.4 is 10.9 Å². The first kappa shape index (κ1) is 11.9. The Hall–Kier alpha value is -0.550. The summed E-state index contributed by atoms with van der Waals surface area (Å²) in [7, 11) is 0. The van der Waals surface area contributed by atoms with Crippen molar-refractivity contribution in [1.82, 2.24) is 9.97 Å². The minimum absolute atomic E-state index is 0.0191. The summed E-state index contributed by atoms with van der Waals surface area (Å²) >= 11 is 9.35. The molecule has 1 fully saturated rings. The Morgan fingerprint density at radius 1 is 1.69 bits per heavy atom. The van der Waals surface area contributed by atoms with Crippen LogP contribution in [-0.4, -0.2) is 21.4 Å². The average Bonchev–Trinajstić information content (AvgIpc) is 2.24. The number of halogens is 2. The molecular weight excluding hydrogens is 293 g/mol. The molecule has 16 heavy (non-hydrogen) atoms. The van der Waals surface area contributed by atoms with Crippen LogP contribution in [0.4, 0.5) is 5.82 Å². The molecule has 4 nitrogen and oxygen atoms in total. The summed E-state index contributed by atoms with van der Waals surface area (Å²) in [6.45, 7) is 4.21. The average molecular weight is 307 g/mol. The number of rotatable bonds is 2. The van der Waals surface area contributed by atoms with Crippen molar-refractivity contribution in [3.05, 3.63) is 21.2 Å². The van der Waals surface area contributed by atoms with Gasteiger partial charge in [0, 0.05) is 16.8 Å². The van der Waals surface area contributed by atoms with Crippen LogP contribution in [0.25, 0.3) is 0 Å². The Morgan fingerprint density at radius 2 is 2.38 bits per heavy atom. The fraction of sp³-hybridized carbons (Fsp3) is 0.600. The van der Waals surface area contributed by atoms with Crippen LogP contribution in [0.5, 0.6) is 0 Å². The minimum atomic E-state index is -0.183. The Balaban J connectivity index is 2.17. The second kappa shape index (κ2) is 4.04. The lowest BCUT2D eigenvalue weighted by Crippen LogP contribution is -2.54. The number of anilines is 1. The smallest absolute Gasteiger partial charge is 0.267 e. The molecular formula is C10H13BrClN3O. The highest BCUT2D eigenvalue weighted by atomic mass is 79.9. The first-order valence-corrected chi connectivity index (χ1v) is 6.29. The van der Waals surface area contributed by atoms with Crippen LogP contribution in [0, 0.1) is 5.41 Å². The van der Waals surface area contributed by atoms with Gasteiger partial charge in [-0.3, -0.25) is 4.79 Å². The molecule has 2 rings (SSSR count). The summed E-state index contributed by atoms with van der Waals surface area (Å²) in [6, 6.07) is 0.251. The maximum Gasteiger partial charge on any atom is 0.267 e. The Bertz CT molecular complexity index is 460. The van der Waals surface area contributed by atoms with Crippen LogP contribution >= 0.6 is 27.5 Å². The van der Waals surface area contributed by atoms with E-state index in [0.29, 0.717) is 10.3 Å². The molecule has 0 saturated heterocycles.